The topological polar surface area (TPSA) is 99.1 Å². The Hall–Kier alpha value is -2.40. The Labute approximate surface area is 98.4 Å². The molecule has 0 unspecified atom stereocenters. The fourth-order valence-electron chi connectivity index (χ4n) is 1.18. The van der Waals surface area contributed by atoms with E-state index in [2.05, 4.69) is 20.7 Å². The van der Waals surface area contributed by atoms with Crippen LogP contribution in [0.2, 0.25) is 0 Å². The maximum Gasteiger partial charge on any atom is 0.319 e. The zero-order chi connectivity index (χ0) is 12.5. The average molecular weight is 235 g/mol. The van der Waals surface area contributed by atoms with Crippen LogP contribution in [0.1, 0.15) is 0 Å². The monoisotopic (exact) mass is 235 g/mol. The van der Waals surface area contributed by atoms with Crippen LogP contribution in [-0.2, 0) is 0 Å². The van der Waals surface area contributed by atoms with Crippen molar-refractivity contribution in [3.8, 4) is 5.75 Å². The second-order valence-electron chi connectivity index (χ2n) is 3.04. The number of hydrogen-bond acceptors (Lipinski definition) is 3. The van der Waals surface area contributed by atoms with E-state index in [1.54, 1.807) is 18.2 Å². The second kappa shape index (κ2) is 6.97. The Morgan fingerprint density at radius 1 is 1.53 bits per heavy atom. The fraction of sp³-hybridized carbons (Fsp3) is 0.300. The molecule has 0 aliphatic heterocycles. The molecule has 0 fully saturated rings. The molecule has 0 atom stereocenters. The third-order valence-corrected chi connectivity index (χ3v) is 1.92. The second-order valence-corrected chi connectivity index (χ2v) is 3.04. The molecular weight excluding hydrogens is 222 g/mol. The van der Waals surface area contributed by atoms with Crippen molar-refractivity contribution in [2.45, 2.75) is 0 Å². The van der Waals surface area contributed by atoms with Gasteiger partial charge in [0.25, 0.3) is 0 Å². The van der Waals surface area contributed by atoms with Crippen molar-refractivity contribution >= 4 is 11.7 Å². The molecular formula is C10H13N5O2. The van der Waals surface area contributed by atoms with Crippen molar-refractivity contribution in [3.63, 3.8) is 0 Å². The lowest BCUT2D eigenvalue weighted by Crippen LogP contribution is -2.30. The lowest BCUT2D eigenvalue weighted by molar-refractivity contribution is 0.252. The molecule has 1 aromatic rings. The van der Waals surface area contributed by atoms with E-state index in [0.29, 0.717) is 11.4 Å². The average Bonchev–Trinajstić information content (AvgIpc) is 2.35. The predicted molar refractivity (Wildman–Crippen MR) is 64.0 cm³/mol. The van der Waals surface area contributed by atoms with Gasteiger partial charge in [-0.25, -0.2) is 4.79 Å². The van der Waals surface area contributed by atoms with Crippen LogP contribution in [0.15, 0.2) is 29.4 Å². The molecule has 0 aromatic heterocycles. The van der Waals surface area contributed by atoms with Crippen molar-refractivity contribution in [3.05, 3.63) is 34.7 Å². The Morgan fingerprint density at radius 3 is 3.00 bits per heavy atom. The fourth-order valence-corrected chi connectivity index (χ4v) is 1.18. The van der Waals surface area contributed by atoms with Crippen LogP contribution >= 0.6 is 0 Å². The largest absolute Gasteiger partial charge is 0.495 e. The lowest BCUT2D eigenvalue weighted by atomic mass is 10.3. The first-order valence-electron chi connectivity index (χ1n) is 4.96. The van der Waals surface area contributed by atoms with Gasteiger partial charge in [0, 0.05) is 18.0 Å². The van der Waals surface area contributed by atoms with Gasteiger partial charge in [0.15, 0.2) is 0 Å². The van der Waals surface area contributed by atoms with Gasteiger partial charge in [-0.3, -0.25) is 0 Å². The number of ether oxygens (including phenoxy) is 1. The van der Waals surface area contributed by atoms with Gasteiger partial charge < -0.3 is 15.4 Å². The number of methoxy groups -OCH3 is 1. The minimum Gasteiger partial charge on any atom is -0.495 e. The molecule has 2 amide bonds. The standard InChI is InChI=1S/C10H13N5O2/c1-17-9-5-3-2-4-8(9)14-10(16)12-6-7-13-15-11/h2-5H,6-7H2,1H3,(H2,12,14,16). The number of benzene rings is 1. The summed E-state index contributed by atoms with van der Waals surface area (Å²) in [5, 5.41) is 8.47. The highest BCUT2D eigenvalue weighted by atomic mass is 16.5. The van der Waals surface area contributed by atoms with Crippen LogP contribution in [0, 0.1) is 0 Å². The Bertz CT molecular complexity index is 428. The molecule has 0 heterocycles. The van der Waals surface area contributed by atoms with Crippen LogP contribution in [-0.4, -0.2) is 26.2 Å². The van der Waals surface area contributed by atoms with E-state index in [1.165, 1.54) is 7.11 Å². The first-order chi connectivity index (χ1) is 8.27. The molecule has 0 bridgehead atoms. The first-order valence-corrected chi connectivity index (χ1v) is 4.96. The normalized spacial score (nSPS) is 9.00. The van der Waals surface area contributed by atoms with E-state index in [0.717, 1.165) is 0 Å². The Morgan fingerprint density at radius 2 is 2.29 bits per heavy atom. The maximum atomic E-state index is 11.4. The van der Waals surface area contributed by atoms with E-state index >= 15 is 0 Å². The van der Waals surface area contributed by atoms with Gasteiger partial charge in [0.05, 0.1) is 12.8 Å². The van der Waals surface area contributed by atoms with Gasteiger partial charge in [-0.2, -0.15) is 0 Å². The van der Waals surface area contributed by atoms with Crippen molar-refractivity contribution in [2.75, 3.05) is 25.5 Å². The summed E-state index contributed by atoms with van der Waals surface area (Å²) >= 11 is 0. The molecule has 0 aliphatic rings. The molecule has 0 radical (unpaired) electrons. The van der Waals surface area contributed by atoms with Gasteiger partial charge in [0.1, 0.15) is 5.75 Å². The summed E-state index contributed by atoms with van der Waals surface area (Å²) in [5.74, 6) is 0.581. The van der Waals surface area contributed by atoms with E-state index < -0.39 is 0 Å². The number of azide groups is 1. The summed E-state index contributed by atoms with van der Waals surface area (Å²) in [4.78, 5) is 14.0. The molecule has 0 saturated heterocycles. The minimum absolute atomic E-state index is 0.218. The third-order valence-electron chi connectivity index (χ3n) is 1.92. The zero-order valence-electron chi connectivity index (χ0n) is 9.38. The molecule has 0 aliphatic carbocycles. The number of para-hydroxylation sites is 2. The highest BCUT2D eigenvalue weighted by molar-refractivity contribution is 5.90. The molecule has 1 aromatic carbocycles. The summed E-state index contributed by atoms with van der Waals surface area (Å²) in [7, 11) is 1.53. The summed E-state index contributed by atoms with van der Waals surface area (Å²) < 4.78 is 5.08. The highest BCUT2D eigenvalue weighted by Gasteiger charge is 2.05. The van der Waals surface area contributed by atoms with Crippen LogP contribution < -0.4 is 15.4 Å². The number of nitrogens with zero attached hydrogens (tertiary/aromatic N) is 3. The van der Waals surface area contributed by atoms with Crippen molar-refractivity contribution in [2.24, 2.45) is 5.11 Å². The number of anilines is 1. The van der Waals surface area contributed by atoms with Crippen molar-refractivity contribution in [1.82, 2.24) is 5.32 Å². The predicted octanol–water partition coefficient (Wildman–Crippen LogP) is 2.13. The zero-order valence-corrected chi connectivity index (χ0v) is 9.38. The number of rotatable bonds is 5. The van der Waals surface area contributed by atoms with Crippen molar-refractivity contribution < 1.29 is 9.53 Å². The minimum atomic E-state index is -0.373. The highest BCUT2D eigenvalue weighted by Crippen LogP contribution is 2.22. The summed E-state index contributed by atoms with van der Waals surface area (Å²) in [6.45, 7) is 0.501. The van der Waals surface area contributed by atoms with Crippen LogP contribution in [0.25, 0.3) is 10.4 Å². The summed E-state index contributed by atoms with van der Waals surface area (Å²) in [6, 6.07) is 6.70. The van der Waals surface area contributed by atoms with Gasteiger partial charge in [0.2, 0.25) is 0 Å². The summed E-state index contributed by atoms with van der Waals surface area (Å²) in [6.07, 6.45) is 0. The number of nitrogens with one attached hydrogen (secondary N) is 2. The molecule has 17 heavy (non-hydrogen) atoms. The lowest BCUT2D eigenvalue weighted by Gasteiger charge is -2.10. The summed E-state index contributed by atoms with van der Waals surface area (Å²) in [5.41, 5.74) is 8.63. The molecule has 0 saturated carbocycles. The number of hydrogen-bond donors (Lipinski definition) is 2. The molecule has 1 rings (SSSR count). The SMILES string of the molecule is COc1ccccc1NC(=O)NCCN=[N+]=[N-]. The van der Waals surface area contributed by atoms with Gasteiger partial charge >= 0.3 is 6.03 Å². The van der Waals surface area contributed by atoms with E-state index in [-0.39, 0.29) is 19.1 Å². The number of amides is 2. The quantitative estimate of drug-likeness (QED) is 0.353. The number of carbonyl (C=O) groups excluding carboxylic acids is 1. The van der Waals surface area contributed by atoms with E-state index in [9.17, 15) is 4.79 Å². The molecule has 2 N–H and O–H groups in total. The molecule has 90 valence electrons. The van der Waals surface area contributed by atoms with Crippen LogP contribution in [0.4, 0.5) is 10.5 Å². The maximum absolute atomic E-state index is 11.4. The van der Waals surface area contributed by atoms with Crippen LogP contribution in [0.3, 0.4) is 0 Å². The molecule has 0 spiro atoms. The van der Waals surface area contributed by atoms with Crippen LogP contribution in [0.5, 0.6) is 5.75 Å². The van der Waals surface area contributed by atoms with Gasteiger partial charge in [-0.05, 0) is 17.7 Å². The number of carbonyl (C=O) groups is 1. The third kappa shape index (κ3) is 4.31. The smallest absolute Gasteiger partial charge is 0.319 e. The first kappa shape index (κ1) is 12.7. The van der Waals surface area contributed by atoms with E-state index in [1.807, 2.05) is 6.07 Å². The molecule has 7 nitrogen and oxygen atoms in total. The Kier molecular flexibility index (Phi) is 5.19. The number of urea groups is 1. The van der Waals surface area contributed by atoms with Gasteiger partial charge in [-0.1, -0.05) is 17.2 Å². The van der Waals surface area contributed by atoms with E-state index in [4.69, 9.17) is 10.3 Å². The van der Waals surface area contributed by atoms with Crippen molar-refractivity contribution in [1.29, 1.82) is 0 Å². The van der Waals surface area contributed by atoms with Gasteiger partial charge in [-0.15, -0.1) is 0 Å². The molecule has 7 heteroatoms. The Balaban J connectivity index is 2.47.